The number of carbonyl (C=O) groups excluding carboxylic acids is 1. The number of amides is 1. The summed E-state index contributed by atoms with van der Waals surface area (Å²) in [5, 5.41) is 18.7. The van der Waals surface area contributed by atoms with Gasteiger partial charge in [0.25, 0.3) is 0 Å². The molecular weight excluding hydrogens is 370 g/mol. The smallest absolute Gasteiger partial charge is 0.306 e. The van der Waals surface area contributed by atoms with Crippen molar-refractivity contribution in [2.45, 2.75) is 26.3 Å². The molecule has 1 aliphatic rings. The van der Waals surface area contributed by atoms with Crippen LogP contribution < -0.4 is 4.74 Å². The molecule has 3 unspecified atom stereocenters. The fraction of sp³-hybridized carbons (Fsp3) is 0.391. The number of hydrogen-bond donors (Lipinski definition) is 2. The molecule has 29 heavy (non-hydrogen) atoms. The predicted molar refractivity (Wildman–Crippen MR) is 108 cm³/mol. The molecule has 1 fully saturated rings. The van der Waals surface area contributed by atoms with Gasteiger partial charge in [-0.2, -0.15) is 0 Å². The molecule has 0 saturated heterocycles. The molecule has 1 saturated carbocycles. The van der Waals surface area contributed by atoms with E-state index in [1.807, 2.05) is 61.5 Å². The quantitative estimate of drug-likeness (QED) is 0.676. The minimum Gasteiger partial charge on any atom is -0.481 e. The van der Waals surface area contributed by atoms with Crippen LogP contribution in [0.5, 0.6) is 11.5 Å². The highest BCUT2D eigenvalue weighted by molar-refractivity contribution is 5.83. The molecule has 2 aromatic rings. The van der Waals surface area contributed by atoms with Crippen molar-refractivity contribution in [3.63, 3.8) is 0 Å². The molecule has 0 heterocycles. The first-order valence-electron chi connectivity index (χ1n) is 9.97. The summed E-state index contributed by atoms with van der Waals surface area (Å²) in [5.41, 5.74) is 0.974. The van der Waals surface area contributed by atoms with E-state index in [2.05, 4.69) is 0 Å². The van der Waals surface area contributed by atoms with Crippen molar-refractivity contribution in [3.8, 4) is 11.5 Å². The van der Waals surface area contributed by atoms with E-state index < -0.39 is 23.7 Å². The van der Waals surface area contributed by atoms with Crippen LogP contribution in [-0.4, -0.2) is 40.1 Å². The number of benzene rings is 2. The fourth-order valence-electron chi connectivity index (χ4n) is 3.81. The SMILES string of the molecule is CCCN(Cc1ccc(Oc2ccccc2)cc1)C(=O)C1CC(C(=O)O)C1CO. The Morgan fingerprint density at radius 1 is 1.03 bits per heavy atom. The molecule has 0 radical (unpaired) electrons. The van der Waals surface area contributed by atoms with Gasteiger partial charge in [0, 0.05) is 31.5 Å². The van der Waals surface area contributed by atoms with E-state index in [9.17, 15) is 19.8 Å². The molecule has 3 rings (SSSR count). The molecule has 0 aliphatic heterocycles. The zero-order valence-corrected chi connectivity index (χ0v) is 16.5. The molecule has 2 aromatic carbocycles. The van der Waals surface area contributed by atoms with Crippen LogP contribution in [0.25, 0.3) is 0 Å². The van der Waals surface area contributed by atoms with E-state index in [-0.39, 0.29) is 12.5 Å². The van der Waals surface area contributed by atoms with Gasteiger partial charge >= 0.3 is 5.97 Å². The van der Waals surface area contributed by atoms with Gasteiger partial charge in [-0.3, -0.25) is 9.59 Å². The Bertz CT molecular complexity index is 821. The van der Waals surface area contributed by atoms with Crippen LogP contribution in [0.1, 0.15) is 25.3 Å². The van der Waals surface area contributed by atoms with Crippen molar-refractivity contribution in [2.75, 3.05) is 13.2 Å². The standard InChI is InChI=1S/C23H27NO5/c1-2-12-24(22(26)19-13-20(23(27)28)21(19)15-25)14-16-8-10-18(11-9-16)29-17-6-4-3-5-7-17/h3-11,19-21,25H,2,12-15H2,1H3,(H,27,28). The number of aliphatic hydroxyl groups excluding tert-OH is 1. The summed E-state index contributed by atoms with van der Waals surface area (Å²) in [4.78, 5) is 25.9. The maximum atomic E-state index is 13.0. The number of ether oxygens (including phenoxy) is 1. The normalized spacial score (nSPS) is 20.6. The third kappa shape index (κ3) is 4.95. The minimum absolute atomic E-state index is 0.0759. The first kappa shape index (κ1) is 20.9. The number of rotatable bonds is 9. The van der Waals surface area contributed by atoms with Crippen molar-refractivity contribution in [2.24, 2.45) is 17.8 Å². The number of aliphatic carboxylic acids is 1. The first-order chi connectivity index (χ1) is 14.0. The van der Waals surface area contributed by atoms with Crippen molar-refractivity contribution >= 4 is 11.9 Å². The number of carboxylic acid groups (broad SMARTS) is 1. The lowest BCUT2D eigenvalue weighted by atomic mass is 9.64. The molecule has 0 bridgehead atoms. The molecule has 3 atom stereocenters. The fourth-order valence-corrected chi connectivity index (χ4v) is 3.81. The van der Waals surface area contributed by atoms with E-state index in [4.69, 9.17) is 4.74 Å². The van der Waals surface area contributed by atoms with E-state index in [0.29, 0.717) is 19.5 Å². The third-order valence-corrected chi connectivity index (χ3v) is 5.47. The Balaban J connectivity index is 1.64. The van der Waals surface area contributed by atoms with Gasteiger partial charge in [0.2, 0.25) is 5.91 Å². The van der Waals surface area contributed by atoms with Gasteiger partial charge in [-0.05, 0) is 42.7 Å². The molecule has 6 heteroatoms. The maximum Gasteiger partial charge on any atom is 0.306 e. The minimum atomic E-state index is -0.941. The van der Waals surface area contributed by atoms with Crippen LogP contribution in [0, 0.1) is 17.8 Å². The number of carbonyl (C=O) groups is 2. The topological polar surface area (TPSA) is 87.1 Å². The van der Waals surface area contributed by atoms with Crippen molar-refractivity contribution < 1.29 is 24.5 Å². The Hall–Kier alpha value is -2.86. The monoisotopic (exact) mass is 397 g/mol. The Morgan fingerprint density at radius 3 is 2.28 bits per heavy atom. The van der Waals surface area contributed by atoms with E-state index in [0.717, 1.165) is 23.5 Å². The summed E-state index contributed by atoms with van der Waals surface area (Å²) in [6.07, 6.45) is 1.10. The third-order valence-electron chi connectivity index (χ3n) is 5.47. The Labute approximate surface area is 170 Å². The summed E-state index contributed by atoms with van der Waals surface area (Å²) in [7, 11) is 0. The number of hydrogen-bond acceptors (Lipinski definition) is 4. The molecule has 1 aliphatic carbocycles. The molecule has 154 valence electrons. The zero-order valence-electron chi connectivity index (χ0n) is 16.5. The zero-order chi connectivity index (χ0) is 20.8. The summed E-state index contributed by atoms with van der Waals surface area (Å²) in [6.45, 7) is 2.76. The van der Waals surface area contributed by atoms with Crippen LogP contribution >= 0.6 is 0 Å². The Kier molecular flexibility index (Phi) is 6.88. The predicted octanol–water partition coefficient (Wildman–Crippen LogP) is 3.55. The number of nitrogens with zero attached hydrogens (tertiary/aromatic N) is 1. The molecule has 0 spiro atoms. The average molecular weight is 397 g/mol. The molecule has 1 amide bonds. The average Bonchev–Trinajstić information content (AvgIpc) is 2.69. The molecule has 2 N–H and O–H groups in total. The molecule has 6 nitrogen and oxygen atoms in total. The number of carboxylic acids is 1. The van der Waals surface area contributed by atoms with Crippen LogP contribution in [-0.2, 0) is 16.1 Å². The second kappa shape index (κ2) is 9.56. The van der Waals surface area contributed by atoms with Crippen LogP contribution in [0.2, 0.25) is 0 Å². The van der Waals surface area contributed by atoms with Crippen LogP contribution in [0.15, 0.2) is 54.6 Å². The number of aliphatic hydroxyl groups is 1. The summed E-state index contributed by atoms with van der Waals surface area (Å²) >= 11 is 0. The van der Waals surface area contributed by atoms with E-state index in [1.165, 1.54) is 0 Å². The molecular formula is C23H27NO5. The van der Waals surface area contributed by atoms with Gasteiger partial charge < -0.3 is 19.8 Å². The largest absolute Gasteiger partial charge is 0.481 e. The van der Waals surface area contributed by atoms with Gasteiger partial charge in [-0.25, -0.2) is 0 Å². The maximum absolute atomic E-state index is 13.0. The van der Waals surface area contributed by atoms with Crippen molar-refractivity contribution in [1.82, 2.24) is 4.90 Å². The van der Waals surface area contributed by atoms with Gasteiger partial charge in [-0.15, -0.1) is 0 Å². The summed E-state index contributed by atoms with van der Waals surface area (Å²) < 4.78 is 5.80. The lowest BCUT2D eigenvalue weighted by molar-refractivity contribution is -0.161. The second-order valence-electron chi connectivity index (χ2n) is 7.45. The second-order valence-corrected chi connectivity index (χ2v) is 7.45. The summed E-state index contributed by atoms with van der Waals surface area (Å²) in [6, 6.07) is 17.1. The van der Waals surface area contributed by atoms with Crippen LogP contribution in [0.3, 0.4) is 0 Å². The highest BCUT2D eigenvalue weighted by Crippen LogP contribution is 2.41. The first-order valence-corrected chi connectivity index (χ1v) is 9.97. The van der Waals surface area contributed by atoms with Gasteiger partial charge in [0.05, 0.1) is 5.92 Å². The van der Waals surface area contributed by atoms with E-state index in [1.54, 1.807) is 4.90 Å². The Morgan fingerprint density at radius 2 is 1.69 bits per heavy atom. The van der Waals surface area contributed by atoms with Gasteiger partial charge in [0.1, 0.15) is 11.5 Å². The van der Waals surface area contributed by atoms with Crippen LogP contribution in [0.4, 0.5) is 0 Å². The number of para-hydroxylation sites is 1. The van der Waals surface area contributed by atoms with Crippen molar-refractivity contribution in [1.29, 1.82) is 0 Å². The van der Waals surface area contributed by atoms with Crippen molar-refractivity contribution in [3.05, 3.63) is 60.2 Å². The van der Waals surface area contributed by atoms with Gasteiger partial charge in [-0.1, -0.05) is 37.3 Å². The summed E-state index contributed by atoms with van der Waals surface area (Å²) in [5.74, 6) is -1.09. The van der Waals surface area contributed by atoms with E-state index >= 15 is 0 Å². The molecule has 0 aromatic heterocycles. The lowest BCUT2D eigenvalue weighted by Crippen LogP contribution is -2.51. The highest BCUT2D eigenvalue weighted by atomic mass is 16.5. The van der Waals surface area contributed by atoms with Gasteiger partial charge in [0.15, 0.2) is 0 Å². The lowest BCUT2D eigenvalue weighted by Gasteiger charge is -2.42. The highest BCUT2D eigenvalue weighted by Gasteiger charge is 2.49.